The Morgan fingerprint density at radius 1 is 0.385 bits per heavy atom. The largest absolute Gasteiger partial charge is 0.208 e. The lowest BCUT2D eigenvalue weighted by atomic mass is 9.94. The van der Waals surface area contributed by atoms with Crippen molar-refractivity contribution in [3.05, 3.63) is 163 Å². The second-order valence-corrected chi connectivity index (χ2v) is 14.8. The van der Waals surface area contributed by atoms with Gasteiger partial charge in [0.1, 0.15) is 0 Å². The van der Waals surface area contributed by atoms with Crippen LogP contribution < -0.4 is 0 Å². The van der Waals surface area contributed by atoms with Crippen LogP contribution >= 0.6 is 22.7 Å². The molecule has 0 atom stereocenters. The van der Waals surface area contributed by atoms with E-state index in [1.807, 2.05) is 71.2 Å². The summed E-state index contributed by atoms with van der Waals surface area (Å²) in [5.74, 6) is 1.67. The van der Waals surface area contributed by atoms with Gasteiger partial charge in [-0.2, -0.15) is 5.26 Å². The molecule has 0 radical (unpaired) electrons. The van der Waals surface area contributed by atoms with Gasteiger partial charge in [-0.25, -0.2) is 15.0 Å². The van der Waals surface area contributed by atoms with E-state index in [0.717, 1.165) is 27.8 Å². The average Bonchev–Trinajstić information content (AvgIpc) is 3.80. The molecule has 0 N–H and O–H groups in total. The summed E-state index contributed by atoms with van der Waals surface area (Å²) < 4.78 is 5.04. The average molecular weight is 699 g/mol. The highest BCUT2D eigenvalue weighted by atomic mass is 32.1. The Hall–Kier alpha value is -6.52. The molecule has 242 valence electrons. The number of aromatic nitrogens is 3. The van der Waals surface area contributed by atoms with Gasteiger partial charge in [-0.1, -0.05) is 115 Å². The zero-order valence-electron chi connectivity index (χ0n) is 27.6. The molecule has 0 aliphatic rings. The van der Waals surface area contributed by atoms with Crippen LogP contribution in [-0.4, -0.2) is 15.0 Å². The third-order valence-electron chi connectivity index (χ3n) is 9.54. The molecule has 4 nitrogen and oxygen atoms in total. The van der Waals surface area contributed by atoms with Crippen molar-refractivity contribution < 1.29 is 0 Å². The molecule has 0 aliphatic heterocycles. The van der Waals surface area contributed by atoms with Gasteiger partial charge in [0.15, 0.2) is 17.5 Å². The van der Waals surface area contributed by atoms with Crippen molar-refractivity contribution in [3.63, 3.8) is 0 Å². The molecule has 52 heavy (non-hydrogen) atoms. The van der Waals surface area contributed by atoms with Crippen LogP contribution in [0.4, 0.5) is 0 Å². The zero-order valence-corrected chi connectivity index (χ0v) is 29.2. The molecule has 3 heterocycles. The summed E-state index contributed by atoms with van der Waals surface area (Å²) in [6.07, 6.45) is 0. The van der Waals surface area contributed by atoms with Crippen LogP contribution in [-0.2, 0) is 0 Å². The first-order valence-corrected chi connectivity index (χ1v) is 18.6. The number of thiophene rings is 2. The van der Waals surface area contributed by atoms with Crippen LogP contribution in [0.2, 0.25) is 0 Å². The van der Waals surface area contributed by atoms with E-state index in [4.69, 9.17) is 15.0 Å². The van der Waals surface area contributed by atoms with Gasteiger partial charge in [0.25, 0.3) is 0 Å². The summed E-state index contributed by atoms with van der Waals surface area (Å²) >= 11 is 3.66. The second kappa shape index (κ2) is 12.4. The van der Waals surface area contributed by atoms with Crippen molar-refractivity contribution in [3.8, 4) is 62.5 Å². The normalized spacial score (nSPS) is 11.4. The van der Waals surface area contributed by atoms with Crippen LogP contribution in [0, 0.1) is 11.3 Å². The van der Waals surface area contributed by atoms with Gasteiger partial charge in [-0.3, -0.25) is 0 Å². The van der Waals surface area contributed by atoms with E-state index in [9.17, 15) is 5.26 Å². The fourth-order valence-electron chi connectivity index (χ4n) is 7.09. The number of nitriles is 1. The molecule has 6 heteroatoms. The molecule has 0 saturated heterocycles. The Balaban J connectivity index is 1.26. The van der Waals surface area contributed by atoms with Crippen molar-refractivity contribution in [2.45, 2.75) is 0 Å². The smallest absolute Gasteiger partial charge is 0.164 e. The molecule has 7 aromatic carbocycles. The Kier molecular flexibility index (Phi) is 7.21. The van der Waals surface area contributed by atoms with E-state index in [1.54, 1.807) is 6.07 Å². The predicted octanol–water partition coefficient (Wildman–Crippen LogP) is 12.8. The van der Waals surface area contributed by atoms with Gasteiger partial charge in [-0.15, -0.1) is 22.7 Å². The van der Waals surface area contributed by atoms with Gasteiger partial charge >= 0.3 is 0 Å². The van der Waals surface area contributed by atoms with Crippen molar-refractivity contribution in [1.29, 1.82) is 5.26 Å². The summed E-state index contributed by atoms with van der Waals surface area (Å²) in [6.45, 7) is 0. The Morgan fingerprint density at radius 3 is 1.44 bits per heavy atom. The number of benzene rings is 7. The molecule has 0 aliphatic carbocycles. The third-order valence-corrected chi connectivity index (χ3v) is 12.0. The summed E-state index contributed by atoms with van der Waals surface area (Å²) in [6, 6.07) is 56.9. The third kappa shape index (κ3) is 5.15. The lowest BCUT2D eigenvalue weighted by molar-refractivity contribution is 1.07. The highest BCUT2D eigenvalue weighted by Gasteiger charge is 2.18. The van der Waals surface area contributed by atoms with E-state index >= 15 is 0 Å². The Labute approximate surface area is 307 Å². The first kappa shape index (κ1) is 30.3. The molecule has 0 saturated carbocycles. The molecule has 0 spiro atoms. The fourth-order valence-corrected chi connectivity index (χ4v) is 9.57. The number of hydrogen-bond donors (Lipinski definition) is 0. The quantitative estimate of drug-likeness (QED) is 0.179. The van der Waals surface area contributed by atoms with Crippen LogP contribution in [0.5, 0.6) is 0 Å². The zero-order chi connectivity index (χ0) is 34.6. The molecule has 0 fully saturated rings. The minimum atomic E-state index is 0.520. The molecular formula is C46H26N4S2. The maximum Gasteiger partial charge on any atom is 0.164 e. The molecule has 0 bridgehead atoms. The van der Waals surface area contributed by atoms with Gasteiger partial charge in [0, 0.05) is 57.0 Å². The van der Waals surface area contributed by atoms with Gasteiger partial charge in [0.2, 0.25) is 0 Å². The monoisotopic (exact) mass is 698 g/mol. The first-order valence-electron chi connectivity index (χ1n) is 17.0. The minimum absolute atomic E-state index is 0.520. The van der Waals surface area contributed by atoms with E-state index in [0.29, 0.717) is 23.0 Å². The number of hydrogen-bond acceptors (Lipinski definition) is 6. The number of fused-ring (bicyclic) bond motifs is 6. The SMILES string of the molecule is N#Cc1cccc(-c2nc(-c3ccccc3)nc(-c3cc(-c4cccc5c4sc4ccccc45)cc(-c4cccc5c4sc4ccccc45)c3)n2)c1. The maximum absolute atomic E-state index is 9.69. The highest BCUT2D eigenvalue weighted by molar-refractivity contribution is 7.26. The summed E-state index contributed by atoms with van der Waals surface area (Å²) in [5.41, 5.74) is 7.63. The van der Waals surface area contributed by atoms with Crippen molar-refractivity contribution in [1.82, 2.24) is 15.0 Å². The van der Waals surface area contributed by atoms with Crippen molar-refractivity contribution >= 4 is 63.0 Å². The van der Waals surface area contributed by atoms with Gasteiger partial charge < -0.3 is 0 Å². The van der Waals surface area contributed by atoms with E-state index in [2.05, 4.69) is 109 Å². The van der Waals surface area contributed by atoms with Crippen molar-refractivity contribution in [2.24, 2.45) is 0 Å². The topological polar surface area (TPSA) is 62.5 Å². The van der Waals surface area contributed by atoms with Crippen molar-refractivity contribution in [2.75, 3.05) is 0 Å². The van der Waals surface area contributed by atoms with Gasteiger partial charge in [-0.05, 0) is 64.7 Å². The van der Waals surface area contributed by atoms with Crippen LogP contribution in [0.15, 0.2) is 158 Å². The van der Waals surface area contributed by atoms with E-state index in [-0.39, 0.29) is 0 Å². The highest BCUT2D eigenvalue weighted by Crippen LogP contribution is 2.44. The fraction of sp³-hybridized carbons (Fsp3) is 0. The first-order chi connectivity index (χ1) is 25.7. The summed E-state index contributed by atoms with van der Waals surface area (Å²) in [4.78, 5) is 15.2. The standard InChI is InChI=1S/C46H26N4S2/c47-27-28-11-8-14-30(23-28)45-48-44(29-12-2-1-3-13-29)49-46(50-45)33-25-31(34-17-9-19-38-36-15-4-6-21-40(36)51-42(34)38)24-32(26-33)35-18-10-20-39-37-16-5-7-22-41(37)52-43(35)39/h1-26H. The molecule has 10 rings (SSSR count). The number of nitrogens with zero attached hydrogens (tertiary/aromatic N) is 4. The molecule has 3 aromatic heterocycles. The lowest BCUT2D eigenvalue weighted by Crippen LogP contribution is -2.00. The Bertz CT molecular complexity index is 2910. The molecule has 10 aromatic rings. The second-order valence-electron chi connectivity index (χ2n) is 12.7. The number of rotatable bonds is 5. The molecule has 0 amide bonds. The summed E-state index contributed by atoms with van der Waals surface area (Å²) in [5, 5.41) is 14.7. The minimum Gasteiger partial charge on any atom is -0.208 e. The van der Waals surface area contributed by atoms with E-state index in [1.165, 1.54) is 51.5 Å². The predicted molar refractivity (Wildman–Crippen MR) is 217 cm³/mol. The lowest BCUT2D eigenvalue weighted by Gasteiger charge is -2.13. The van der Waals surface area contributed by atoms with Gasteiger partial charge in [0.05, 0.1) is 11.6 Å². The van der Waals surface area contributed by atoms with E-state index < -0.39 is 0 Å². The van der Waals surface area contributed by atoms with Crippen LogP contribution in [0.3, 0.4) is 0 Å². The molecule has 0 unspecified atom stereocenters. The summed E-state index contributed by atoms with van der Waals surface area (Å²) in [7, 11) is 0. The maximum atomic E-state index is 9.69. The van der Waals surface area contributed by atoms with Crippen LogP contribution in [0.25, 0.3) is 96.8 Å². The van der Waals surface area contributed by atoms with Crippen LogP contribution in [0.1, 0.15) is 5.56 Å². The Morgan fingerprint density at radius 2 is 0.846 bits per heavy atom. The molecular weight excluding hydrogens is 673 g/mol.